The molecule has 0 saturated carbocycles. The van der Waals surface area contributed by atoms with Crippen molar-refractivity contribution in [3.05, 3.63) is 34.6 Å². The van der Waals surface area contributed by atoms with Gasteiger partial charge in [-0.15, -0.1) is 0 Å². The smallest absolute Gasteiger partial charge is 0.350 e. The van der Waals surface area contributed by atoms with Crippen molar-refractivity contribution in [3.8, 4) is 17.6 Å². The summed E-state index contributed by atoms with van der Waals surface area (Å²) in [6.45, 7) is 3.54. The number of nitriles is 1. The van der Waals surface area contributed by atoms with Crippen LogP contribution in [0, 0.1) is 11.3 Å². The van der Waals surface area contributed by atoms with Gasteiger partial charge in [-0.3, -0.25) is 0 Å². The molecule has 0 radical (unpaired) electrons. The standard InChI is InChI=1S/C17H15NO6S2/c1-2-13(21)23-7-3-4-8-24-16(22)10(9-18)17-25-14-11(19)5-6-12(20)15(14)26-17/h2,5-6,19-20H,1,3-4,7-8H2. The quantitative estimate of drug-likeness (QED) is 0.237. The monoisotopic (exact) mass is 393 g/mol. The number of benzene rings is 1. The minimum Gasteiger partial charge on any atom is -0.507 e. The summed E-state index contributed by atoms with van der Waals surface area (Å²) in [6, 6.07) is 4.49. The fraction of sp³-hybridized carbons (Fsp3) is 0.235. The van der Waals surface area contributed by atoms with Crippen LogP contribution in [0.1, 0.15) is 12.8 Å². The number of phenolic OH excluding ortho intramolecular Hbond substituents is 2. The molecule has 1 aliphatic rings. The number of ether oxygens (including phenoxy) is 2. The Hall–Kier alpha value is -2.57. The lowest BCUT2D eigenvalue weighted by atomic mass is 10.3. The third-order valence-electron chi connectivity index (χ3n) is 3.16. The molecule has 136 valence electrons. The number of unbranched alkanes of at least 4 members (excludes halogenated alkanes) is 1. The van der Waals surface area contributed by atoms with Gasteiger partial charge in [0.1, 0.15) is 17.6 Å². The summed E-state index contributed by atoms with van der Waals surface area (Å²) < 4.78 is 10.2. The number of carbonyl (C=O) groups excluding carboxylic acids is 2. The molecule has 7 nitrogen and oxygen atoms in total. The van der Waals surface area contributed by atoms with E-state index in [9.17, 15) is 25.1 Å². The lowest BCUT2D eigenvalue weighted by molar-refractivity contribution is -0.140. The third kappa shape index (κ3) is 4.74. The molecular weight excluding hydrogens is 378 g/mol. The van der Waals surface area contributed by atoms with Crippen LogP contribution in [-0.2, 0) is 19.1 Å². The molecular formula is C17H15NO6S2. The Labute approximate surface area is 158 Å². The zero-order chi connectivity index (χ0) is 19.1. The van der Waals surface area contributed by atoms with Crippen molar-refractivity contribution in [1.29, 1.82) is 5.26 Å². The summed E-state index contributed by atoms with van der Waals surface area (Å²) in [6.07, 6.45) is 2.03. The van der Waals surface area contributed by atoms with Gasteiger partial charge in [0, 0.05) is 6.08 Å². The van der Waals surface area contributed by atoms with Gasteiger partial charge in [0.25, 0.3) is 0 Å². The first-order valence-electron chi connectivity index (χ1n) is 7.49. The average molecular weight is 393 g/mol. The Bertz CT molecular complexity index is 779. The Morgan fingerprint density at radius 2 is 1.65 bits per heavy atom. The number of aromatic hydroxyl groups is 2. The van der Waals surface area contributed by atoms with E-state index in [0.717, 1.165) is 29.6 Å². The maximum absolute atomic E-state index is 12.1. The molecule has 0 unspecified atom stereocenters. The number of hydrogen-bond acceptors (Lipinski definition) is 9. The van der Waals surface area contributed by atoms with E-state index in [1.54, 1.807) is 0 Å². The van der Waals surface area contributed by atoms with Gasteiger partial charge < -0.3 is 19.7 Å². The van der Waals surface area contributed by atoms with Crippen LogP contribution < -0.4 is 0 Å². The summed E-state index contributed by atoms with van der Waals surface area (Å²) >= 11 is 2.07. The molecule has 1 heterocycles. The molecule has 2 N–H and O–H groups in total. The van der Waals surface area contributed by atoms with Crippen molar-refractivity contribution in [2.75, 3.05) is 13.2 Å². The van der Waals surface area contributed by atoms with Gasteiger partial charge in [0.15, 0.2) is 5.57 Å². The molecule has 0 atom stereocenters. The van der Waals surface area contributed by atoms with Crippen molar-refractivity contribution < 1.29 is 29.3 Å². The molecule has 1 aromatic carbocycles. The van der Waals surface area contributed by atoms with Crippen LogP contribution in [0.4, 0.5) is 0 Å². The minimum atomic E-state index is -0.780. The zero-order valence-corrected chi connectivity index (χ0v) is 15.2. The van der Waals surface area contributed by atoms with E-state index in [1.807, 2.05) is 6.07 Å². The Morgan fingerprint density at radius 1 is 1.12 bits per heavy atom. The van der Waals surface area contributed by atoms with Crippen molar-refractivity contribution >= 4 is 35.5 Å². The molecule has 0 amide bonds. The van der Waals surface area contributed by atoms with E-state index < -0.39 is 11.9 Å². The van der Waals surface area contributed by atoms with Crippen LogP contribution >= 0.6 is 23.5 Å². The second-order valence-corrected chi connectivity index (χ2v) is 7.25. The third-order valence-corrected chi connectivity index (χ3v) is 5.81. The number of hydrogen-bond donors (Lipinski definition) is 2. The van der Waals surface area contributed by atoms with E-state index in [-0.39, 0.29) is 30.3 Å². The molecule has 0 aromatic heterocycles. The first-order valence-corrected chi connectivity index (χ1v) is 9.12. The van der Waals surface area contributed by atoms with Gasteiger partial charge in [-0.05, 0) is 25.0 Å². The van der Waals surface area contributed by atoms with E-state index >= 15 is 0 Å². The first-order chi connectivity index (χ1) is 12.5. The lowest BCUT2D eigenvalue weighted by Crippen LogP contribution is -2.10. The highest BCUT2D eigenvalue weighted by atomic mass is 32.2. The Kier molecular flexibility index (Phi) is 7.00. The highest BCUT2D eigenvalue weighted by molar-refractivity contribution is 8.24. The Morgan fingerprint density at radius 3 is 2.15 bits per heavy atom. The topological polar surface area (TPSA) is 117 Å². The molecule has 1 aromatic rings. The number of nitrogens with zero attached hydrogens (tertiary/aromatic N) is 1. The maximum atomic E-state index is 12.1. The van der Waals surface area contributed by atoms with Crippen molar-refractivity contribution in [1.82, 2.24) is 0 Å². The average Bonchev–Trinajstić information content (AvgIpc) is 3.07. The molecule has 0 fully saturated rings. The normalized spacial score (nSPS) is 12.0. The number of phenols is 2. The number of carbonyl (C=O) groups is 2. The van der Waals surface area contributed by atoms with Crippen LogP contribution in [0.5, 0.6) is 11.5 Å². The number of rotatable bonds is 7. The molecule has 0 saturated heterocycles. The predicted molar refractivity (Wildman–Crippen MR) is 95.5 cm³/mol. The van der Waals surface area contributed by atoms with Gasteiger partial charge in [-0.2, -0.15) is 5.26 Å². The van der Waals surface area contributed by atoms with Crippen molar-refractivity contribution in [3.63, 3.8) is 0 Å². The Balaban J connectivity index is 1.92. The highest BCUT2D eigenvalue weighted by Crippen LogP contribution is 2.58. The van der Waals surface area contributed by atoms with E-state index in [1.165, 1.54) is 12.1 Å². The fourth-order valence-corrected chi connectivity index (χ4v) is 4.38. The van der Waals surface area contributed by atoms with Crippen LogP contribution in [0.15, 0.2) is 44.4 Å². The SMILES string of the molecule is C=CC(=O)OCCCCOC(=O)C(C#N)=C1Sc2c(O)ccc(O)c2S1. The summed E-state index contributed by atoms with van der Waals surface area (Å²) in [4.78, 5) is 23.8. The maximum Gasteiger partial charge on any atom is 0.350 e. The highest BCUT2D eigenvalue weighted by Gasteiger charge is 2.29. The van der Waals surface area contributed by atoms with Crippen molar-refractivity contribution in [2.24, 2.45) is 0 Å². The van der Waals surface area contributed by atoms with Crippen molar-refractivity contribution in [2.45, 2.75) is 22.6 Å². The van der Waals surface area contributed by atoms with Gasteiger partial charge in [-0.25, -0.2) is 9.59 Å². The van der Waals surface area contributed by atoms with Crippen LogP contribution in [0.2, 0.25) is 0 Å². The number of fused-ring (bicyclic) bond motifs is 1. The largest absolute Gasteiger partial charge is 0.507 e. The molecule has 9 heteroatoms. The van der Waals surface area contributed by atoms with Crippen LogP contribution in [-0.4, -0.2) is 35.4 Å². The summed E-state index contributed by atoms with van der Waals surface area (Å²) in [5, 5.41) is 29.0. The molecule has 26 heavy (non-hydrogen) atoms. The van der Waals surface area contributed by atoms with Crippen LogP contribution in [0.3, 0.4) is 0 Å². The van der Waals surface area contributed by atoms with E-state index in [4.69, 9.17) is 9.47 Å². The van der Waals surface area contributed by atoms with Gasteiger partial charge in [0.05, 0.1) is 27.2 Å². The second-order valence-electron chi connectivity index (χ2n) is 4.96. The van der Waals surface area contributed by atoms with Crippen LogP contribution in [0.25, 0.3) is 0 Å². The lowest BCUT2D eigenvalue weighted by Gasteiger charge is -2.05. The molecule has 0 aliphatic carbocycles. The first kappa shape index (κ1) is 19.8. The minimum absolute atomic E-state index is 0.0370. The van der Waals surface area contributed by atoms with Gasteiger partial charge >= 0.3 is 11.9 Å². The molecule has 0 bridgehead atoms. The number of esters is 2. The van der Waals surface area contributed by atoms with Gasteiger partial charge in [-0.1, -0.05) is 30.1 Å². The summed E-state index contributed by atoms with van der Waals surface area (Å²) in [5.41, 5.74) is -0.187. The zero-order valence-electron chi connectivity index (χ0n) is 13.6. The second kappa shape index (κ2) is 9.22. The fourth-order valence-electron chi connectivity index (χ4n) is 1.89. The molecule has 0 spiro atoms. The molecule has 1 aliphatic heterocycles. The molecule has 2 rings (SSSR count). The predicted octanol–water partition coefficient (Wildman–Crippen LogP) is 3.08. The summed E-state index contributed by atoms with van der Waals surface area (Å²) in [7, 11) is 0. The number of thioether (sulfide) groups is 2. The van der Waals surface area contributed by atoms with E-state index in [2.05, 4.69) is 6.58 Å². The van der Waals surface area contributed by atoms with Gasteiger partial charge in [0.2, 0.25) is 0 Å². The van der Waals surface area contributed by atoms with E-state index in [0.29, 0.717) is 26.9 Å². The summed E-state index contributed by atoms with van der Waals surface area (Å²) in [5.74, 6) is -1.37.